The van der Waals surface area contributed by atoms with Crippen molar-refractivity contribution in [3.63, 3.8) is 0 Å². The van der Waals surface area contributed by atoms with E-state index in [0.29, 0.717) is 0 Å². The molecule has 4 heteroatoms. The van der Waals surface area contributed by atoms with Gasteiger partial charge in [0.2, 0.25) is 0 Å². The first-order chi connectivity index (χ1) is 33.3. The fraction of sp³-hybridized carbons (Fsp3) is 0.0625. The Morgan fingerprint density at radius 1 is 0.176 bits per heavy atom. The number of hydrogen-bond donors (Lipinski definition) is 0. The van der Waals surface area contributed by atoms with Crippen LogP contribution in [-0.2, 0) is 0 Å². The van der Waals surface area contributed by atoms with E-state index in [1.54, 1.807) is 0 Å². The third kappa shape index (κ3) is 9.40. The molecule has 0 aliphatic rings. The number of benzene rings is 10. The molecule has 10 rings (SSSR count). The summed E-state index contributed by atoms with van der Waals surface area (Å²) in [6.07, 6.45) is 0. The maximum atomic E-state index is 2.38. The van der Waals surface area contributed by atoms with E-state index in [1.165, 1.54) is 22.3 Å². The molecule has 68 heavy (non-hydrogen) atoms. The van der Waals surface area contributed by atoms with Crippen molar-refractivity contribution in [1.82, 2.24) is 0 Å². The van der Waals surface area contributed by atoms with Crippen LogP contribution in [0.25, 0.3) is 11.1 Å². The van der Waals surface area contributed by atoms with Crippen molar-refractivity contribution in [1.29, 1.82) is 0 Å². The Labute approximate surface area is 401 Å². The Balaban J connectivity index is 1.29. The number of rotatable bonds is 13. The van der Waals surface area contributed by atoms with Gasteiger partial charge < -0.3 is 19.6 Å². The molecular weight excluding hydrogens is 825 g/mol. The zero-order valence-electron chi connectivity index (χ0n) is 39.0. The van der Waals surface area contributed by atoms with E-state index >= 15 is 0 Å². The maximum Gasteiger partial charge on any atom is 0.0488 e. The van der Waals surface area contributed by atoms with Gasteiger partial charge in [0.15, 0.2) is 0 Å². The fourth-order valence-corrected chi connectivity index (χ4v) is 8.91. The summed E-state index contributed by atoms with van der Waals surface area (Å²) in [4.78, 5) is 9.50. The van der Waals surface area contributed by atoms with E-state index in [4.69, 9.17) is 0 Å². The fourth-order valence-electron chi connectivity index (χ4n) is 8.91. The van der Waals surface area contributed by atoms with Crippen molar-refractivity contribution >= 4 is 68.2 Å². The van der Waals surface area contributed by atoms with Gasteiger partial charge in [-0.3, -0.25) is 0 Å². The first-order valence-corrected chi connectivity index (χ1v) is 23.3. The maximum absolute atomic E-state index is 2.38. The van der Waals surface area contributed by atoms with Crippen LogP contribution < -0.4 is 19.6 Å². The standard InChI is InChI=1S/C64H54N4/c1-47-25-33-57(34-26-47)65(53-17-9-5-10-18-53)61-41-51(42-62(45-61)66(54-19-11-6-12-20-54)58-35-27-48(2)28-36-58)52-43-63(67(55-21-13-7-14-22-55)59-37-29-49(3)30-38-59)46-64(44-52)68(56-23-15-8-16-24-56)60-39-31-50(4)32-40-60/h5-46H,1-4H3. The minimum Gasteiger partial charge on any atom is -0.310 e. The third-order valence-electron chi connectivity index (χ3n) is 12.4. The summed E-state index contributed by atoms with van der Waals surface area (Å²) < 4.78 is 0. The molecule has 4 nitrogen and oxygen atoms in total. The molecule has 0 aliphatic heterocycles. The molecule has 330 valence electrons. The first-order valence-electron chi connectivity index (χ1n) is 23.3. The van der Waals surface area contributed by atoms with E-state index in [-0.39, 0.29) is 0 Å². The summed E-state index contributed by atoms with van der Waals surface area (Å²) in [7, 11) is 0. The number of anilines is 12. The van der Waals surface area contributed by atoms with Crippen LogP contribution in [0.2, 0.25) is 0 Å². The molecule has 0 aliphatic carbocycles. The predicted octanol–water partition coefficient (Wildman–Crippen LogP) is 18.5. The molecule has 0 heterocycles. The van der Waals surface area contributed by atoms with Crippen LogP contribution >= 0.6 is 0 Å². The Morgan fingerprint density at radius 3 is 0.544 bits per heavy atom. The van der Waals surface area contributed by atoms with Crippen molar-refractivity contribution in [3.8, 4) is 11.1 Å². The lowest BCUT2D eigenvalue weighted by Crippen LogP contribution is -2.14. The average molecular weight is 879 g/mol. The number of hydrogen-bond acceptors (Lipinski definition) is 4. The SMILES string of the molecule is Cc1ccc(N(c2ccccc2)c2cc(-c3cc(N(c4ccccc4)c4ccc(C)cc4)cc(N(c4ccccc4)c4ccc(C)cc4)c3)cc(N(c3ccccc3)c3ccc(C)cc3)c2)cc1. The number of nitrogens with zero attached hydrogens (tertiary/aromatic N) is 4. The Hall–Kier alpha value is -8.60. The number of aryl methyl sites for hydroxylation is 4. The molecule has 10 aromatic rings. The van der Waals surface area contributed by atoms with E-state index in [0.717, 1.165) is 79.4 Å². The largest absolute Gasteiger partial charge is 0.310 e. The van der Waals surface area contributed by atoms with Crippen molar-refractivity contribution in [2.24, 2.45) is 0 Å². The molecule has 0 saturated heterocycles. The summed E-state index contributed by atoms with van der Waals surface area (Å²) in [6, 6.07) is 92.2. The van der Waals surface area contributed by atoms with E-state index in [1.807, 2.05) is 0 Å². The van der Waals surface area contributed by atoms with Gasteiger partial charge in [-0.15, -0.1) is 0 Å². The molecule has 0 aromatic heterocycles. The van der Waals surface area contributed by atoms with Gasteiger partial charge in [-0.05, 0) is 172 Å². The molecule has 0 spiro atoms. The van der Waals surface area contributed by atoms with Gasteiger partial charge in [0.25, 0.3) is 0 Å². The van der Waals surface area contributed by atoms with Crippen LogP contribution in [0.4, 0.5) is 68.2 Å². The summed E-state index contributed by atoms with van der Waals surface area (Å²) in [5, 5.41) is 0. The van der Waals surface area contributed by atoms with Gasteiger partial charge in [0.1, 0.15) is 0 Å². The van der Waals surface area contributed by atoms with Crippen molar-refractivity contribution in [3.05, 3.63) is 277 Å². The second-order valence-electron chi connectivity index (χ2n) is 17.5. The molecule has 0 bridgehead atoms. The van der Waals surface area contributed by atoms with Gasteiger partial charge in [-0.1, -0.05) is 144 Å². The smallest absolute Gasteiger partial charge is 0.0488 e. The molecule has 0 atom stereocenters. The molecule has 0 amide bonds. The summed E-state index contributed by atoms with van der Waals surface area (Å²) in [5.74, 6) is 0. The van der Waals surface area contributed by atoms with Gasteiger partial charge >= 0.3 is 0 Å². The van der Waals surface area contributed by atoms with Crippen molar-refractivity contribution in [2.45, 2.75) is 27.7 Å². The molecular formula is C64H54N4. The van der Waals surface area contributed by atoms with Gasteiger partial charge in [-0.25, -0.2) is 0 Å². The highest BCUT2D eigenvalue weighted by Crippen LogP contribution is 2.47. The van der Waals surface area contributed by atoms with Crippen LogP contribution in [0.3, 0.4) is 0 Å². The van der Waals surface area contributed by atoms with Crippen LogP contribution in [0.15, 0.2) is 255 Å². The minimum atomic E-state index is 1.03. The lowest BCUT2D eigenvalue weighted by molar-refractivity contribution is 1.23. The quantitative estimate of drug-likeness (QED) is 0.114. The molecule has 0 fully saturated rings. The molecule has 0 radical (unpaired) electrons. The predicted molar refractivity (Wildman–Crippen MR) is 290 cm³/mol. The second-order valence-corrected chi connectivity index (χ2v) is 17.5. The van der Waals surface area contributed by atoms with Gasteiger partial charge in [-0.2, -0.15) is 0 Å². The molecule has 0 unspecified atom stereocenters. The monoisotopic (exact) mass is 878 g/mol. The minimum absolute atomic E-state index is 1.03. The Kier molecular flexibility index (Phi) is 12.4. The van der Waals surface area contributed by atoms with Crippen LogP contribution in [0, 0.1) is 27.7 Å². The summed E-state index contributed by atoms with van der Waals surface area (Å²) >= 11 is 0. The number of para-hydroxylation sites is 4. The van der Waals surface area contributed by atoms with Crippen LogP contribution in [0.5, 0.6) is 0 Å². The zero-order valence-corrected chi connectivity index (χ0v) is 39.0. The van der Waals surface area contributed by atoms with Gasteiger partial charge in [0, 0.05) is 68.2 Å². The first kappa shape index (κ1) is 43.3. The average Bonchev–Trinajstić information content (AvgIpc) is 3.38. The Morgan fingerprint density at radius 2 is 0.353 bits per heavy atom. The Bertz CT molecular complexity index is 2790. The third-order valence-corrected chi connectivity index (χ3v) is 12.4. The normalized spacial score (nSPS) is 10.9. The zero-order chi connectivity index (χ0) is 46.4. The molecule has 10 aromatic carbocycles. The van der Waals surface area contributed by atoms with Crippen molar-refractivity contribution < 1.29 is 0 Å². The second kappa shape index (κ2) is 19.5. The van der Waals surface area contributed by atoms with Crippen molar-refractivity contribution in [2.75, 3.05) is 19.6 Å². The summed E-state index contributed by atoms with van der Waals surface area (Å²) in [5.41, 5.74) is 19.7. The highest BCUT2D eigenvalue weighted by Gasteiger charge is 2.23. The van der Waals surface area contributed by atoms with Gasteiger partial charge in [0.05, 0.1) is 0 Å². The van der Waals surface area contributed by atoms with E-state index in [9.17, 15) is 0 Å². The van der Waals surface area contributed by atoms with Crippen LogP contribution in [-0.4, -0.2) is 0 Å². The highest BCUT2D eigenvalue weighted by molar-refractivity contribution is 5.92. The van der Waals surface area contributed by atoms with E-state index in [2.05, 4.69) is 302 Å². The van der Waals surface area contributed by atoms with E-state index < -0.39 is 0 Å². The lowest BCUT2D eigenvalue weighted by atomic mass is 9.99. The topological polar surface area (TPSA) is 13.0 Å². The molecule has 0 N–H and O–H groups in total. The van der Waals surface area contributed by atoms with Crippen LogP contribution in [0.1, 0.15) is 22.3 Å². The highest BCUT2D eigenvalue weighted by atomic mass is 15.2. The molecule has 0 saturated carbocycles. The lowest BCUT2D eigenvalue weighted by Gasteiger charge is -2.32. The summed E-state index contributed by atoms with van der Waals surface area (Å²) in [6.45, 7) is 8.57.